The van der Waals surface area contributed by atoms with Crippen LogP contribution in [0.2, 0.25) is 0 Å². The van der Waals surface area contributed by atoms with Gasteiger partial charge < -0.3 is 9.84 Å². The van der Waals surface area contributed by atoms with Crippen LogP contribution in [0.15, 0.2) is 11.4 Å². The highest BCUT2D eigenvalue weighted by atomic mass is 32.2. The Bertz CT molecular complexity index is 609. The van der Waals surface area contributed by atoms with Crippen molar-refractivity contribution < 1.29 is 23.1 Å². The number of aliphatic hydroxyl groups excluding tert-OH is 1. The molecule has 0 spiro atoms. The average Bonchev–Trinajstić information content (AvgIpc) is 2.84. The number of thiophene rings is 1. The first-order valence-electron chi connectivity index (χ1n) is 5.68. The second-order valence-corrected chi connectivity index (χ2v) is 6.54. The number of hydrogen-bond acceptors (Lipinski definition) is 6. The minimum Gasteiger partial charge on any atom is -0.468 e. The third-order valence-electron chi connectivity index (χ3n) is 2.13. The van der Waals surface area contributed by atoms with Gasteiger partial charge in [0.2, 0.25) is 10.0 Å². The highest BCUT2D eigenvalue weighted by Gasteiger charge is 2.16. The summed E-state index contributed by atoms with van der Waals surface area (Å²) in [6, 6.07) is 1.76. The predicted molar refractivity (Wildman–Crippen MR) is 75.5 cm³/mol. The Kier molecular flexibility index (Phi) is 6.67. The van der Waals surface area contributed by atoms with Gasteiger partial charge in [-0.2, -0.15) is 0 Å². The van der Waals surface area contributed by atoms with E-state index in [2.05, 4.69) is 21.3 Å². The van der Waals surface area contributed by atoms with Gasteiger partial charge in [-0.1, -0.05) is 11.8 Å². The van der Waals surface area contributed by atoms with Gasteiger partial charge >= 0.3 is 5.97 Å². The van der Waals surface area contributed by atoms with Crippen molar-refractivity contribution in [3.8, 4) is 11.8 Å². The Morgan fingerprint density at radius 3 is 2.95 bits per heavy atom. The molecule has 0 radical (unpaired) electrons. The Morgan fingerprint density at radius 2 is 2.30 bits per heavy atom. The second-order valence-electron chi connectivity index (χ2n) is 3.73. The monoisotopic (exact) mass is 317 g/mol. The largest absolute Gasteiger partial charge is 0.468 e. The van der Waals surface area contributed by atoms with E-state index in [1.54, 1.807) is 11.4 Å². The fourth-order valence-electron chi connectivity index (χ4n) is 1.21. The van der Waals surface area contributed by atoms with Crippen molar-refractivity contribution in [2.75, 3.05) is 19.5 Å². The molecule has 0 atom stereocenters. The van der Waals surface area contributed by atoms with Crippen molar-refractivity contribution in [2.24, 2.45) is 0 Å². The summed E-state index contributed by atoms with van der Waals surface area (Å²) in [5.74, 6) is 4.13. The lowest BCUT2D eigenvalue weighted by molar-refractivity contribution is -0.137. The van der Waals surface area contributed by atoms with Crippen LogP contribution in [0.3, 0.4) is 0 Å². The van der Waals surface area contributed by atoms with Gasteiger partial charge in [-0.3, -0.25) is 4.79 Å². The smallest absolute Gasteiger partial charge is 0.322 e. The molecule has 8 heteroatoms. The van der Waals surface area contributed by atoms with Gasteiger partial charge in [-0.15, -0.1) is 11.3 Å². The quantitative estimate of drug-likeness (QED) is 0.572. The van der Waals surface area contributed by atoms with Crippen LogP contribution in [0, 0.1) is 11.8 Å². The number of esters is 1. The number of aliphatic hydroxyl groups is 1. The third kappa shape index (κ3) is 6.16. The Morgan fingerprint density at radius 1 is 1.55 bits per heavy atom. The van der Waals surface area contributed by atoms with Crippen LogP contribution in [0.1, 0.15) is 16.9 Å². The van der Waals surface area contributed by atoms with Crippen LogP contribution in [-0.2, 0) is 26.1 Å². The highest BCUT2D eigenvalue weighted by molar-refractivity contribution is 7.90. The zero-order valence-corrected chi connectivity index (χ0v) is 12.5. The first-order chi connectivity index (χ1) is 9.46. The number of carbonyl (C=O) groups is 1. The number of methoxy groups -OCH3 is 1. The molecule has 6 nitrogen and oxygen atoms in total. The van der Waals surface area contributed by atoms with Crippen molar-refractivity contribution in [1.82, 2.24) is 4.72 Å². The van der Waals surface area contributed by atoms with E-state index >= 15 is 0 Å². The fourth-order valence-corrected chi connectivity index (χ4v) is 2.96. The van der Waals surface area contributed by atoms with Gasteiger partial charge in [-0.05, 0) is 6.07 Å². The average molecular weight is 317 g/mol. The first kappa shape index (κ1) is 16.7. The third-order valence-corrected chi connectivity index (χ3v) is 4.26. The summed E-state index contributed by atoms with van der Waals surface area (Å²) in [6.45, 7) is 0.114. The zero-order chi connectivity index (χ0) is 15.0. The van der Waals surface area contributed by atoms with Gasteiger partial charge in [0.05, 0.1) is 13.7 Å². The molecule has 1 heterocycles. The van der Waals surface area contributed by atoms with Gasteiger partial charge in [0.1, 0.15) is 0 Å². The van der Waals surface area contributed by atoms with Crippen LogP contribution in [0.25, 0.3) is 0 Å². The van der Waals surface area contributed by atoms with E-state index in [1.807, 2.05) is 0 Å². The summed E-state index contributed by atoms with van der Waals surface area (Å²) in [5.41, 5.74) is 0.769. The molecule has 2 N–H and O–H groups in total. The number of sulfonamides is 1. The molecule has 1 rings (SSSR count). The zero-order valence-electron chi connectivity index (χ0n) is 10.9. The summed E-state index contributed by atoms with van der Waals surface area (Å²) < 4.78 is 29.7. The summed E-state index contributed by atoms with van der Waals surface area (Å²) in [7, 11) is -2.56. The molecule has 110 valence electrons. The molecule has 0 aromatic carbocycles. The summed E-state index contributed by atoms with van der Waals surface area (Å²) in [6.07, 6.45) is 0.400. The Labute approximate surface area is 121 Å². The van der Waals surface area contributed by atoms with Gasteiger partial charge in [0.25, 0.3) is 0 Å². The standard InChI is InChI=1S/C12H15NO5S2/c1-18-12(15)9-20(16,17)13-7-11-6-10(8-19-11)4-2-3-5-14/h6,8,13-14H,3,5,7,9H2,1H3. The number of ether oxygens (including phenoxy) is 1. The van der Waals surface area contributed by atoms with E-state index in [9.17, 15) is 13.2 Å². The van der Waals surface area contributed by atoms with Crippen LogP contribution in [-0.4, -0.2) is 39.0 Å². The van der Waals surface area contributed by atoms with Crippen LogP contribution < -0.4 is 4.72 Å². The SMILES string of the molecule is COC(=O)CS(=O)(=O)NCc1cc(C#CCCO)cs1. The Hall–Kier alpha value is -1.40. The fraction of sp³-hybridized carbons (Fsp3) is 0.417. The molecule has 0 bridgehead atoms. The molecule has 1 aromatic heterocycles. The summed E-state index contributed by atoms with van der Waals surface area (Å²) in [4.78, 5) is 11.7. The number of carbonyl (C=O) groups excluding carboxylic acids is 1. The predicted octanol–water partition coefficient (Wildman–Crippen LogP) is 0.0744. The minimum absolute atomic E-state index is 0.0112. The van der Waals surface area contributed by atoms with Crippen molar-refractivity contribution in [1.29, 1.82) is 0 Å². The molecule has 0 aliphatic rings. The molecule has 0 fully saturated rings. The summed E-state index contributed by atoms with van der Waals surface area (Å²) >= 11 is 1.36. The molecule has 0 aliphatic heterocycles. The molecule has 0 unspecified atom stereocenters. The maximum atomic E-state index is 11.5. The van der Waals surface area contributed by atoms with E-state index in [-0.39, 0.29) is 13.2 Å². The van der Waals surface area contributed by atoms with Crippen molar-refractivity contribution in [3.63, 3.8) is 0 Å². The molecule has 0 saturated heterocycles. The normalized spacial score (nSPS) is 10.7. The lowest BCUT2D eigenvalue weighted by atomic mass is 10.3. The molecule has 0 saturated carbocycles. The molecular weight excluding hydrogens is 302 g/mol. The highest BCUT2D eigenvalue weighted by Crippen LogP contribution is 2.13. The van der Waals surface area contributed by atoms with E-state index in [4.69, 9.17) is 5.11 Å². The van der Waals surface area contributed by atoms with Crippen molar-refractivity contribution in [2.45, 2.75) is 13.0 Å². The number of nitrogens with one attached hydrogen (secondary N) is 1. The van der Waals surface area contributed by atoms with E-state index < -0.39 is 21.7 Å². The minimum atomic E-state index is -3.69. The Balaban J connectivity index is 2.54. The number of hydrogen-bond donors (Lipinski definition) is 2. The number of rotatable bonds is 6. The lowest BCUT2D eigenvalue weighted by Gasteiger charge is -2.03. The van der Waals surface area contributed by atoms with Gasteiger partial charge in [0, 0.05) is 28.8 Å². The maximum Gasteiger partial charge on any atom is 0.322 e. The van der Waals surface area contributed by atoms with Crippen molar-refractivity contribution >= 4 is 27.3 Å². The van der Waals surface area contributed by atoms with Crippen molar-refractivity contribution in [3.05, 3.63) is 21.9 Å². The molecule has 0 amide bonds. The molecule has 20 heavy (non-hydrogen) atoms. The lowest BCUT2D eigenvalue weighted by Crippen LogP contribution is -2.30. The molecule has 1 aromatic rings. The van der Waals surface area contributed by atoms with Gasteiger partial charge in [-0.25, -0.2) is 13.1 Å². The second kappa shape index (κ2) is 8.01. The van der Waals surface area contributed by atoms with E-state index in [1.165, 1.54) is 11.3 Å². The van der Waals surface area contributed by atoms with E-state index in [0.29, 0.717) is 6.42 Å². The van der Waals surface area contributed by atoms with Crippen LogP contribution in [0.5, 0.6) is 0 Å². The summed E-state index contributed by atoms with van der Waals surface area (Å²) in [5, 5.41) is 10.4. The van der Waals surface area contributed by atoms with Gasteiger partial charge in [0.15, 0.2) is 5.75 Å². The molecular formula is C12H15NO5S2. The molecule has 0 aliphatic carbocycles. The van der Waals surface area contributed by atoms with E-state index in [0.717, 1.165) is 17.6 Å². The topological polar surface area (TPSA) is 92.7 Å². The van der Waals surface area contributed by atoms with Crippen LogP contribution in [0.4, 0.5) is 0 Å². The maximum absolute atomic E-state index is 11.5. The first-order valence-corrected chi connectivity index (χ1v) is 8.21. The van der Waals surface area contributed by atoms with Crippen LogP contribution >= 0.6 is 11.3 Å².